The van der Waals surface area contributed by atoms with Crippen molar-refractivity contribution >= 4 is 11.0 Å². The van der Waals surface area contributed by atoms with Gasteiger partial charge in [-0.05, 0) is 25.0 Å². The van der Waals surface area contributed by atoms with Gasteiger partial charge in [0.15, 0.2) is 0 Å². The van der Waals surface area contributed by atoms with Crippen molar-refractivity contribution < 1.29 is 9.47 Å². The minimum Gasteiger partial charge on any atom is -0.494 e. The highest BCUT2D eigenvalue weighted by molar-refractivity contribution is 5.81. The molecular formula is C13H16N2O3. The van der Waals surface area contributed by atoms with Crippen molar-refractivity contribution in [1.82, 2.24) is 9.55 Å². The van der Waals surface area contributed by atoms with Crippen LogP contribution in [0.15, 0.2) is 23.0 Å². The minimum absolute atomic E-state index is 0.106. The second kappa shape index (κ2) is 4.49. The number of benzene rings is 1. The molecule has 1 unspecified atom stereocenters. The number of nitrogens with one attached hydrogen (secondary N) is 1. The molecule has 0 bridgehead atoms. The van der Waals surface area contributed by atoms with Crippen LogP contribution in [0.4, 0.5) is 0 Å². The lowest BCUT2D eigenvalue weighted by Crippen LogP contribution is -2.24. The molecule has 1 aromatic carbocycles. The Morgan fingerprint density at radius 3 is 3.17 bits per heavy atom. The number of rotatable bonds is 3. The molecule has 2 heterocycles. The lowest BCUT2D eigenvalue weighted by atomic mass is 10.2. The van der Waals surface area contributed by atoms with Crippen LogP contribution in [0.1, 0.15) is 12.8 Å². The van der Waals surface area contributed by atoms with Crippen molar-refractivity contribution in [3.8, 4) is 5.75 Å². The van der Waals surface area contributed by atoms with Crippen molar-refractivity contribution in [1.29, 1.82) is 0 Å². The second-order valence-corrected chi connectivity index (χ2v) is 4.53. The van der Waals surface area contributed by atoms with E-state index in [1.165, 1.54) is 0 Å². The highest BCUT2D eigenvalue weighted by Gasteiger charge is 2.19. The zero-order valence-corrected chi connectivity index (χ0v) is 10.3. The molecule has 1 atom stereocenters. The fourth-order valence-corrected chi connectivity index (χ4v) is 2.50. The Kier molecular flexibility index (Phi) is 2.83. The third-order valence-corrected chi connectivity index (χ3v) is 3.40. The average Bonchev–Trinajstić information content (AvgIpc) is 2.99. The highest BCUT2D eigenvalue weighted by Crippen LogP contribution is 2.23. The van der Waals surface area contributed by atoms with Gasteiger partial charge in [0.1, 0.15) is 11.3 Å². The summed E-state index contributed by atoms with van der Waals surface area (Å²) >= 11 is 0. The Hall–Kier alpha value is -1.75. The highest BCUT2D eigenvalue weighted by atomic mass is 16.5. The lowest BCUT2D eigenvalue weighted by molar-refractivity contribution is 0.0972. The van der Waals surface area contributed by atoms with E-state index in [1.54, 1.807) is 11.7 Å². The molecule has 5 heteroatoms. The monoisotopic (exact) mass is 248 g/mol. The van der Waals surface area contributed by atoms with Gasteiger partial charge in [0, 0.05) is 6.61 Å². The van der Waals surface area contributed by atoms with Crippen molar-refractivity contribution in [3.63, 3.8) is 0 Å². The lowest BCUT2D eigenvalue weighted by Gasteiger charge is -2.10. The molecule has 96 valence electrons. The molecule has 0 radical (unpaired) electrons. The van der Waals surface area contributed by atoms with Crippen molar-refractivity contribution in [3.05, 3.63) is 28.7 Å². The second-order valence-electron chi connectivity index (χ2n) is 4.53. The van der Waals surface area contributed by atoms with Gasteiger partial charge in [0.2, 0.25) is 0 Å². The zero-order valence-electron chi connectivity index (χ0n) is 10.3. The molecule has 3 rings (SSSR count). The summed E-state index contributed by atoms with van der Waals surface area (Å²) in [5.41, 5.74) is 1.52. The molecule has 18 heavy (non-hydrogen) atoms. The normalized spacial score (nSPS) is 19.5. The van der Waals surface area contributed by atoms with E-state index in [4.69, 9.17) is 9.47 Å². The number of nitrogens with zero attached hydrogens (tertiary/aromatic N) is 1. The van der Waals surface area contributed by atoms with Gasteiger partial charge in [0.25, 0.3) is 0 Å². The summed E-state index contributed by atoms with van der Waals surface area (Å²) in [5.74, 6) is 0.690. The standard InChI is InChI=1S/C13H16N2O3/c1-17-11-6-2-5-10-12(11)14-13(16)15(10)8-9-4-3-7-18-9/h2,5-6,9H,3-4,7-8H2,1H3,(H,14,16). The Balaban J connectivity index is 2.05. The largest absolute Gasteiger partial charge is 0.494 e. The van der Waals surface area contributed by atoms with E-state index in [1.807, 2.05) is 18.2 Å². The van der Waals surface area contributed by atoms with E-state index in [-0.39, 0.29) is 11.8 Å². The number of H-pyrrole nitrogens is 1. The summed E-state index contributed by atoms with van der Waals surface area (Å²) in [6.45, 7) is 1.40. The summed E-state index contributed by atoms with van der Waals surface area (Å²) in [7, 11) is 1.60. The van der Waals surface area contributed by atoms with Gasteiger partial charge >= 0.3 is 5.69 Å². The number of fused-ring (bicyclic) bond motifs is 1. The van der Waals surface area contributed by atoms with Crippen molar-refractivity contribution in [2.24, 2.45) is 0 Å². The number of para-hydroxylation sites is 1. The molecule has 2 aromatic rings. The van der Waals surface area contributed by atoms with E-state index < -0.39 is 0 Å². The van der Waals surface area contributed by atoms with Crippen molar-refractivity contribution in [2.45, 2.75) is 25.5 Å². The smallest absolute Gasteiger partial charge is 0.326 e. The number of hydrogen-bond acceptors (Lipinski definition) is 3. The fraction of sp³-hybridized carbons (Fsp3) is 0.462. The maximum Gasteiger partial charge on any atom is 0.326 e. The van der Waals surface area contributed by atoms with Crippen LogP contribution in [0.2, 0.25) is 0 Å². The van der Waals surface area contributed by atoms with Gasteiger partial charge in [-0.25, -0.2) is 4.79 Å². The number of aromatic amines is 1. The van der Waals surface area contributed by atoms with Crippen LogP contribution in [0, 0.1) is 0 Å². The third-order valence-electron chi connectivity index (χ3n) is 3.40. The summed E-state index contributed by atoms with van der Waals surface area (Å²) in [6, 6.07) is 5.65. The first-order chi connectivity index (χ1) is 8.79. The summed E-state index contributed by atoms with van der Waals surface area (Å²) in [4.78, 5) is 14.8. The minimum atomic E-state index is -0.106. The Morgan fingerprint density at radius 2 is 2.44 bits per heavy atom. The first kappa shape index (κ1) is 11.3. The molecule has 0 aliphatic carbocycles. The van der Waals surface area contributed by atoms with E-state index in [9.17, 15) is 4.79 Å². The maximum absolute atomic E-state index is 12.0. The van der Waals surface area contributed by atoms with Gasteiger partial charge in [-0.1, -0.05) is 6.07 Å². The summed E-state index contributed by atoms with van der Waals surface area (Å²) < 4.78 is 12.6. The van der Waals surface area contributed by atoms with Gasteiger partial charge in [-0.3, -0.25) is 4.57 Å². The quantitative estimate of drug-likeness (QED) is 0.896. The number of methoxy groups -OCH3 is 1. The molecule has 1 aliphatic rings. The summed E-state index contributed by atoms with van der Waals surface area (Å²) in [6.07, 6.45) is 2.24. The van der Waals surface area contributed by atoms with Crippen LogP contribution in [-0.2, 0) is 11.3 Å². The number of aromatic nitrogens is 2. The predicted octanol–water partition coefficient (Wildman–Crippen LogP) is 1.52. The van der Waals surface area contributed by atoms with Crippen LogP contribution in [0.5, 0.6) is 5.75 Å². The Bertz CT molecular complexity index is 608. The van der Waals surface area contributed by atoms with Crippen LogP contribution < -0.4 is 10.4 Å². The molecule has 0 spiro atoms. The molecule has 5 nitrogen and oxygen atoms in total. The molecule has 1 N–H and O–H groups in total. The molecule has 1 aliphatic heterocycles. The van der Waals surface area contributed by atoms with Gasteiger partial charge in [0.05, 0.1) is 25.3 Å². The van der Waals surface area contributed by atoms with Crippen LogP contribution in [0.25, 0.3) is 11.0 Å². The fourth-order valence-electron chi connectivity index (χ4n) is 2.50. The van der Waals surface area contributed by atoms with E-state index in [0.717, 1.165) is 30.5 Å². The number of hydrogen-bond donors (Lipinski definition) is 1. The maximum atomic E-state index is 12.0. The van der Waals surface area contributed by atoms with E-state index >= 15 is 0 Å². The molecule has 0 amide bonds. The SMILES string of the molecule is COc1cccc2c1[nH]c(=O)n2CC1CCCO1. The van der Waals surface area contributed by atoms with Gasteiger partial charge in [-0.2, -0.15) is 0 Å². The third kappa shape index (κ3) is 1.80. The van der Waals surface area contributed by atoms with Crippen molar-refractivity contribution in [2.75, 3.05) is 13.7 Å². The number of ether oxygens (including phenoxy) is 2. The molecular weight excluding hydrogens is 232 g/mol. The molecule has 1 saturated heterocycles. The van der Waals surface area contributed by atoms with Gasteiger partial charge < -0.3 is 14.5 Å². The van der Waals surface area contributed by atoms with Crippen LogP contribution in [0.3, 0.4) is 0 Å². The predicted molar refractivity (Wildman–Crippen MR) is 68.1 cm³/mol. The first-order valence-corrected chi connectivity index (χ1v) is 6.16. The van der Waals surface area contributed by atoms with Crippen LogP contribution in [-0.4, -0.2) is 29.4 Å². The Labute approximate surface area is 104 Å². The van der Waals surface area contributed by atoms with E-state index in [2.05, 4.69) is 4.98 Å². The molecule has 0 saturated carbocycles. The van der Waals surface area contributed by atoms with Crippen LogP contribution >= 0.6 is 0 Å². The van der Waals surface area contributed by atoms with Gasteiger partial charge in [-0.15, -0.1) is 0 Å². The Morgan fingerprint density at radius 1 is 1.56 bits per heavy atom. The molecule has 1 aromatic heterocycles. The number of imidazole rings is 1. The topological polar surface area (TPSA) is 56.2 Å². The van der Waals surface area contributed by atoms with E-state index in [0.29, 0.717) is 12.3 Å². The summed E-state index contributed by atoms with van der Waals surface area (Å²) in [5, 5.41) is 0. The zero-order chi connectivity index (χ0) is 12.5. The molecule has 1 fully saturated rings. The first-order valence-electron chi connectivity index (χ1n) is 6.16. The average molecular weight is 248 g/mol.